The summed E-state index contributed by atoms with van der Waals surface area (Å²) in [5.74, 6) is 0.867. The highest BCUT2D eigenvalue weighted by Gasteiger charge is 2.19. The van der Waals surface area contributed by atoms with Crippen LogP contribution >= 0.6 is 45.4 Å². The second-order valence-electron chi connectivity index (χ2n) is 1.79. The van der Waals surface area contributed by atoms with Crippen molar-refractivity contribution in [2.75, 3.05) is 11.8 Å². The van der Waals surface area contributed by atoms with Crippen LogP contribution in [0.1, 0.15) is 0 Å². The van der Waals surface area contributed by atoms with Gasteiger partial charge in [0, 0.05) is 11.8 Å². The number of rotatable bonds is 4. The van der Waals surface area contributed by atoms with Crippen molar-refractivity contribution in [3.05, 3.63) is 23.6 Å². The highest BCUT2D eigenvalue weighted by atomic mass is 35.7. The van der Waals surface area contributed by atoms with Gasteiger partial charge in [0.25, 0.3) is 6.69 Å². The summed E-state index contributed by atoms with van der Waals surface area (Å²) in [7, 11) is 0. The Morgan fingerprint density at radius 2 is 1.27 bits per heavy atom. The molecule has 0 aromatic rings. The molecule has 0 bridgehead atoms. The van der Waals surface area contributed by atoms with Crippen LogP contribution in [0.5, 0.6) is 0 Å². The van der Waals surface area contributed by atoms with Gasteiger partial charge in [0.15, 0.2) is 0 Å². The van der Waals surface area contributed by atoms with E-state index in [-0.39, 0.29) is 0 Å². The van der Waals surface area contributed by atoms with Gasteiger partial charge in [0.2, 0.25) is 0 Å². The quantitative estimate of drug-likeness (QED) is 0.406. The van der Waals surface area contributed by atoms with Gasteiger partial charge in [0.1, 0.15) is 0 Å². The summed E-state index contributed by atoms with van der Waals surface area (Å²) in [6, 6.07) is 0. The van der Waals surface area contributed by atoms with E-state index in [9.17, 15) is 0 Å². The van der Waals surface area contributed by atoms with Gasteiger partial charge < -0.3 is 0 Å². The number of halogens is 4. The van der Waals surface area contributed by atoms with Crippen LogP contribution in [0.25, 0.3) is 0 Å². The molecule has 11 heavy (non-hydrogen) atoms. The molecule has 0 aliphatic rings. The third-order valence-electron chi connectivity index (χ3n) is 0.858. The van der Waals surface area contributed by atoms with Crippen molar-refractivity contribution in [3.8, 4) is 0 Å². The van der Waals surface area contributed by atoms with Crippen LogP contribution in [0.4, 0.5) is 0 Å². The number of hydrogen-bond acceptors (Lipinski definition) is 0. The smallest absolute Gasteiger partial charge is 0.135 e. The SMILES string of the molecule is ClCC=C[Si](Cl)(Cl)C=CCCl. The summed E-state index contributed by atoms with van der Waals surface area (Å²) in [6.45, 7) is -2.33. The lowest BCUT2D eigenvalue weighted by Gasteiger charge is -2.03. The van der Waals surface area contributed by atoms with E-state index in [4.69, 9.17) is 45.4 Å². The van der Waals surface area contributed by atoms with Crippen molar-refractivity contribution in [2.24, 2.45) is 0 Å². The molecule has 0 N–H and O–H groups in total. The Kier molecular flexibility index (Phi) is 6.88. The fourth-order valence-corrected chi connectivity index (χ4v) is 2.98. The predicted octanol–water partition coefficient (Wildman–Crippen LogP) is 3.57. The van der Waals surface area contributed by atoms with Crippen molar-refractivity contribution in [2.45, 2.75) is 0 Å². The van der Waals surface area contributed by atoms with E-state index < -0.39 is 6.69 Å². The molecule has 0 aliphatic carbocycles. The van der Waals surface area contributed by atoms with Crippen LogP contribution < -0.4 is 0 Å². The molecular weight excluding hydrogens is 242 g/mol. The van der Waals surface area contributed by atoms with Crippen molar-refractivity contribution in [1.29, 1.82) is 0 Å². The van der Waals surface area contributed by atoms with E-state index in [1.165, 1.54) is 0 Å². The van der Waals surface area contributed by atoms with E-state index in [0.29, 0.717) is 11.8 Å². The molecular formula is C6H8Cl4Si. The van der Waals surface area contributed by atoms with Crippen molar-refractivity contribution < 1.29 is 0 Å². The molecule has 0 nitrogen and oxygen atoms in total. The maximum atomic E-state index is 5.91. The van der Waals surface area contributed by atoms with Crippen LogP contribution in [0.2, 0.25) is 0 Å². The van der Waals surface area contributed by atoms with Gasteiger partial charge in [-0.3, -0.25) is 0 Å². The molecule has 5 heteroatoms. The molecule has 0 atom stereocenters. The Bertz CT molecular complexity index is 137. The zero-order valence-corrected chi connectivity index (χ0v) is 9.76. The molecule has 0 spiro atoms. The van der Waals surface area contributed by atoms with Crippen LogP contribution in [-0.2, 0) is 0 Å². The second kappa shape index (κ2) is 6.38. The molecule has 0 amide bonds. The van der Waals surface area contributed by atoms with E-state index >= 15 is 0 Å². The van der Waals surface area contributed by atoms with Gasteiger partial charge in [-0.05, 0) is 0 Å². The lowest BCUT2D eigenvalue weighted by Crippen LogP contribution is -2.11. The minimum absolute atomic E-state index is 0.433. The van der Waals surface area contributed by atoms with Crippen LogP contribution in [0.3, 0.4) is 0 Å². The summed E-state index contributed by atoms with van der Waals surface area (Å²) >= 11 is 22.6. The molecule has 0 aliphatic heterocycles. The maximum Gasteiger partial charge on any atom is 0.296 e. The average Bonchev–Trinajstić information content (AvgIpc) is 1.97. The Labute approximate surface area is 87.2 Å². The van der Waals surface area contributed by atoms with Gasteiger partial charge >= 0.3 is 0 Å². The number of hydrogen-bond donors (Lipinski definition) is 0. The molecule has 0 aromatic carbocycles. The minimum atomic E-state index is -2.33. The first kappa shape index (κ1) is 11.9. The van der Waals surface area contributed by atoms with Crippen molar-refractivity contribution >= 4 is 52.1 Å². The number of alkyl halides is 2. The summed E-state index contributed by atoms with van der Waals surface area (Å²) in [5.41, 5.74) is 3.48. The molecule has 64 valence electrons. The van der Waals surface area contributed by atoms with E-state index in [1.807, 2.05) is 0 Å². The third-order valence-corrected chi connectivity index (χ3v) is 4.09. The molecule has 0 unspecified atom stereocenters. The van der Waals surface area contributed by atoms with E-state index in [1.54, 1.807) is 23.6 Å². The highest BCUT2D eigenvalue weighted by Crippen LogP contribution is 2.18. The van der Waals surface area contributed by atoms with Gasteiger partial charge in [0.05, 0.1) is 0 Å². The Morgan fingerprint density at radius 1 is 0.909 bits per heavy atom. The largest absolute Gasteiger partial charge is 0.296 e. The lowest BCUT2D eigenvalue weighted by atomic mass is 10.8. The second-order valence-corrected chi connectivity index (χ2v) is 8.75. The average molecular weight is 250 g/mol. The lowest BCUT2D eigenvalue weighted by molar-refractivity contribution is 1.76. The molecule has 0 radical (unpaired) electrons. The van der Waals surface area contributed by atoms with Gasteiger partial charge in [-0.1, -0.05) is 23.6 Å². The molecule has 0 saturated carbocycles. The number of allylic oxidation sites excluding steroid dienone is 2. The molecule has 0 saturated heterocycles. The van der Waals surface area contributed by atoms with Gasteiger partial charge in [-0.15, -0.1) is 45.4 Å². The first-order valence-electron chi connectivity index (χ1n) is 2.97. The summed E-state index contributed by atoms with van der Waals surface area (Å²) in [4.78, 5) is 0. The molecule has 0 fully saturated rings. The molecule has 0 aromatic heterocycles. The third kappa shape index (κ3) is 7.23. The monoisotopic (exact) mass is 248 g/mol. The van der Waals surface area contributed by atoms with E-state index in [0.717, 1.165) is 0 Å². The zero-order valence-electron chi connectivity index (χ0n) is 5.74. The van der Waals surface area contributed by atoms with E-state index in [2.05, 4.69) is 0 Å². The van der Waals surface area contributed by atoms with Gasteiger partial charge in [-0.2, -0.15) is 0 Å². The Hall–Kier alpha value is 0.857. The minimum Gasteiger partial charge on any atom is -0.135 e. The Balaban J connectivity index is 3.99. The summed E-state index contributed by atoms with van der Waals surface area (Å²) < 4.78 is 0. The normalized spacial score (nSPS) is 13.5. The fraction of sp³-hybridized carbons (Fsp3) is 0.333. The van der Waals surface area contributed by atoms with Crippen molar-refractivity contribution in [3.63, 3.8) is 0 Å². The fourth-order valence-electron chi connectivity index (χ4n) is 0.459. The molecule has 0 rings (SSSR count). The summed E-state index contributed by atoms with van der Waals surface area (Å²) in [6.07, 6.45) is 3.48. The van der Waals surface area contributed by atoms with Crippen LogP contribution in [-0.4, -0.2) is 18.5 Å². The predicted molar refractivity (Wildman–Crippen MR) is 57.2 cm³/mol. The molecule has 0 heterocycles. The topological polar surface area (TPSA) is 0 Å². The Morgan fingerprint density at radius 3 is 1.55 bits per heavy atom. The first-order valence-corrected chi connectivity index (χ1v) is 8.22. The summed E-state index contributed by atoms with van der Waals surface area (Å²) in [5, 5.41) is 0. The highest BCUT2D eigenvalue weighted by molar-refractivity contribution is 7.49. The van der Waals surface area contributed by atoms with Crippen LogP contribution in [0, 0.1) is 0 Å². The first-order chi connectivity index (χ1) is 5.12. The van der Waals surface area contributed by atoms with Gasteiger partial charge in [-0.25, -0.2) is 0 Å². The van der Waals surface area contributed by atoms with Crippen LogP contribution in [0.15, 0.2) is 23.6 Å². The van der Waals surface area contributed by atoms with Crippen molar-refractivity contribution in [1.82, 2.24) is 0 Å². The zero-order chi connectivity index (χ0) is 8.74. The standard InChI is InChI=1S/C6H8Cl4Si/c7-3-1-5-11(9,10)6-2-4-8/h1-2,5-6H,3-4H2. The maximum absolute atomic E-state index is 5.91.